The van der Waals surface area contributed by atoms with Gasteiger partial charge < -0.3 is 0 Å². The molecule has 0 aliphatic carbocycles. The Hall–Kier alpha value is -2.47. The summed E-state index contributed by atoms with van der Waals surface area (Å²) in [6.45, 7) is 0. The summed E-state index contributed by atoms with van der Waals surface area (Å²) < 4.78 is 38.8. The fourth-order valence-electron chi connectivity index (χ4n) is 3.40. The Morgan fingerprint density at radius 3 is 2.74 bits per heavy atom. The van der Waals surface area contributed by atoms with E-state index in [9.17, 15) is 12.8 Å². The van der Waals surface area contributed by atoms with Crippen molar-refractivity contribution in [3.63, 3.8) is 0 Å². The fraction of sp³-hybridized carbons (Fsp3) is 0.222. The van der Waals surface area contributed by atoms with Crippen LogP contribution in [0.25, 0.3) is 10.9 Å². The second-order valence-electron chi connectivity index (χ2n) is 6.15. The first kappa shape index (κ1) is 19.3. The van der Waals surface area contributed by atoms with E-state index in [1.165, 1.54) is 12.1 Å². The van der Waals surface area contributed by atoms with Gasteiger partial charge in [-0.25, -0.2) is 17.9 Å². The number of primary sulfonamides is 1. The molecule has 27 heavy (non-hydrogen) atoms. The van der Waals surface area contributed by atoms with E-state index in [1.54, 1.807) is 24.4 Å². The maximum absolute atomic E-state index is 14.9. The molecular weight excluding hydrogens is 391 g/mol. The number of H-pyrrole nitrogens is 1. The molecule has 1 unspecified atom stereocenters. The molecule has 3 aromatic rings. The maximum atomic E-state index is 14.9. The molecule has 0 saturated heterocycles. The lowest BCUT2D eigenvalue weighted by molar-refractivity contribution is 0.506. The van der Waals surface area contributed by atoms with E-state index in [-0.39, 0.29) is 35.4 Å². The van der Waals surface area contributed by atoms with E-state index in [0.29, 0.717) is 10.9 Å². The van der Waals surface area contributed by atoms with Crippen molar-refractivity contribution in [3.05, 3.63) is 64.6 Å². The highest BCUT2D eigenvalue weighted by molar-refractivity contribution is 7.90. The monoisotopic (exact) mass is 406 g/mol. The Morgan fingerprint density at radius 1 is 1.30 bits per heavy atom. The first-order valence-corrected chi connectivity index (χ1v) is 10.0. The molecule has 0 spiro atoms. The highest BCUT2D eigenvalue weighted by Crippen LogP contribution is 2.44. The first-order chi connectivity index (χ1) is 12.8. The molecule has 0 radical (unpaired) electrons. The van der Waals surface area contributed by atoms with E-state index in [2.05, 4.69) is 10.2 Å². The van der Waals surface area contributed by atoms with Gasteiger partial charge in [-0.15, -0.1) is 0 Å². The third kappa shape index (κ3) is 3.30. The van der Waals surface area contributed by atoms with Crippen LogP contribution in [0.1, 0.15) is 30.4 Å². The number of hydrogen-bond acceptors (Lipinski definition) is 4. The first-order valence-electron chi connectivity index (χ1n) is 8.08. The number of rotatable bonds is 6. The van der Waals surface area contributed by atoms with Crippen LogP contribution < -0.4 is 5.14 Å². The van der Waals surface area contributed by atoms with Crippen LogP contribution >= 0.6 is 11.6 Å². The van der Waals surface area contributed by atoms with Crippen molar-refractivity contribution in [1.82, 2.24) is 10.2 Å². The predicted octanol–water partition coefficient (Wildman–Crippen LogP) is 3.58. The lowest BCUT2D eigenvalue weighted by Gasteiger charge is -2.33. The van der Waals surface area contributed by atoms with Gasteiger partial charge in [-0.05, 0) is 25.0 Å². The third-order valence-corrected chi connectivity index (χ3v) is 6.43. The Kier molecular flexibility index (Phi) is 5.20. The number of nitrogens with zero attached hydrogens (tertiary/aromatic N) is 2. The molecule has 0 amide bonds. The summed E-state index contributed by atoms with van der Waals surface area (Å²) in [5.74, 6) is -0.787. The minimum atomic E-state index is -4.36. The number of sulfonamides is 1. The Balaban J connectivity index is 2.40. The van der Waals surface area contributed by atoms with Gasteiger partial charge in [-0.2, -0.15) is 10.4 Å². The van der Waals surface area contributed by atoms with Gasteiger partial charge in [-0.3, -0.25) is 5.10 Å². The number of nitrogens with two attached hydrogens (primary N) is 1. The lowest BCUT2D eigenvalue weighted by Crippen LogP contribution is -2.43. The van der Waals surface area contributed by atoms with Crippen LogP contribution in [-0.4, -0.2) is 18.6 Å². The summed E-state index contributed by atoms with van der Waals surface area (Å²) in [6, 6.07) is 10.8. The van der Waals surface area contributed by atoms with E-state index < -0.39 is 20.6 Å². The molecule has 0 aliphatic heterocycles. The van der Waals surface area contributed by atoms with E-state index in [0.717, 1.165) is 6.07 Å². The van der Waals surface area contributed by atoms with Gasteiger partial charge in [-0.1, -0.05) is 35.9 Å². The summed E-state index contributed by atoms with van der Waals surface area (Å²) in [7, 11) is -4.36. The molecule has 1 aromatic heterocycles. The zero-order valence-electron chi connectivity index (χ0n) is 14.1. The topological polar surface area (TPSA) is 113 Å². The van der Waals surface area contributed by atoms with Crippen molar-refractivity contribution in [2.75, 3.05) is 0 Å². The van der Waals surface area contributed by atoms with E-state index >= 15 is 0 Å². The van der Waals surface area contributed by atoms with Gasteiger partial charge in [0.15, 0.2) is 0 Å². The van der Waals surface area contributed by atoms with Crippen molar-refractivity contribution in [2.24, 2.45) is 5.14 Å². The molecular formula is C18H16ClFN4O2S. The fourth-order valence-corrected chi connectivity index (χ4v) is 4.94. The highest BCUT2D eigenvalue weighted by atomic mass is 35.5. The standard InChI is InChI=1S/C18H16ClFN4O2S/c19-13-6-7-14(16(20)10-13)18(27(22,25)26,8-1-2-9-21)15-5-3-4-12-11-23-24-17(12)15/h3-7,10-11H,1-2,8H2,(H,23,24)(H2,22,25,26). The van der Waals surface area contributed by atoms with Crippen LogP contribution in [0.5, 0.6) is 0 Å². The molecule has 140 valence electrons. The van der Waals surface area contributed by atoms with Gasteiger partial charge in [0, 0.05) is 28.0 Å². The number of fused-ring (bicyclic) bond motifs is 1. The molecule has 0 aliphatic rings. The number of hydrogen-bond donors (Lipinski definition) is 2. The van der Waals surface area contributed by atoms with Crippen molar-refractivity contribution in [1.29, 1.82) is 5.26 Å². The number of unbranched alkanes of at least 4 members (excludes halogenated alkanes) is 1. The largest absolute Gasteiger partial charge is 0.277 e. The van der Waals surface area contributed by atoms with Gasteiger partial charge in [0.25, 0.3) is 0 Å². The van der Waals surface area contributed by atoms with Crippen LogP contribution in [0.15, 0.2) is 42.6 Å². The normalized spacial score (nSPS) is 14.0. The maximum Gasteiger partial charge on any atom is 0.223 e. The number of halogens is 2. The zero-order valence-corrected chi connectivity index (χ0v) is 15.7. The molecule has 9 heteroatoms. The Bertz CT molecular complexity index is 1140. The molecule has 1 atom stereocenters. The number of aromatic amines is 1. The third-order valence-electron chi connectivity index (χ3n) is 4.58. The summed E-state index contributed by atoms with van der Waals surface area (Å²) in [5.41, 5.74) is 0.603. The summed E-state index contributed by atoms with van der Waals surface area (Å²) >= 11 is 5.85. The number of nitriles is 1. The second-order valence-corrected chi connectivity index (χ2v) is 8.37. The molecule has 6 nitrogen and oxygen atoms in total. The van der Waals surface area contributed by atoms with Crippen LogP contribution in [-0.2, 0) is 14.8 Å². The molecule has 3 N–H and O–H groups in total. The SMILES string of the molecule is N#CCCCC(c1ccc(Cl)cc1F)(c1cccc2cn[nH]c12)S(N)(=O)=O. The molecule has 1 heterocycles. The van der Waals surface area contributed by atoms with Crippen molar-refractivity contribution in [2.45, 2.75) is 24.0 Å². The number of benzene rings is 2. The van der Waals surface area contributed by atoms with Gasteiger partial charge in [0.1, 0.15) is 10.6 Å². The van der Waals surface area contributed by atoms with Crippen LogP contribution in [0.2, 0.25) is 5.02 Å². The van der Waals surface area contributed by atoms with E-state index in [4.69, 9.17) is 22.0 Å². The molecule has 0 bridgehead atoms. The van der Waals surface area contributed by atoms with Crippen molar-refractivity contribution in [3.8, 4) is 6.07 Å². The Morgan fingerprint density at radius 2 is 2.07 bits per heavy atom. The molecule has 0 saturated carbocycles. The van der Waals surface area contributed by atoms with Gasteiger partial charge in [0.2, 0.25) is 10.0 Å². The molecule has 0 fully saturated rings. The summed E-state index contributed by atoms with van der Waals surface area (Å²) in [6.07, 6.45) is 1.78. The smallest absolute Gasteiger partial charge is 0.223 e. The van der Waals surface area contributed by atoms with Crippen molar-refractivity contribution < 1.29 is 12.8 Å². The van der Waals surface area contributed by atoms with Crippen LogP contribution in [0.3, 0.4) is 0 Å². The average Bonchev–Trinajstić information content (AvgIpc) is 3.07. The minimum Gasteiger partial charge on any atom is -0.277 e. The molecule has 3 rings (SSSR count). The van der Waals surface area contributed by atoms with Gasteiger partial charge in [0.05, 0.1) is 17.8 Å². The average molecular weight is 407 g/mol. The summed E-state index contributed by atoms with van der Waals surface area (Å²) in [4.78, 5) is 0. The zero-order chi connectivity index (χ0) is 19.7. The van der Waals surface area contributed by atoms with Gasteiger partial charge >= 0.3 is 0 Å². The highest BCUT2D eigenvalue weighted by Gasteiger charge is 2.47. The lowest BCUT2D eigenvalue weighted by atomic mass is 9.84. The van der Waals surface area contributed by atoms with Crippen molar-refractivity contribution >= 4 is 32.5 Å². The van der Waals surface area contributed by atoms with Crippen LogP contribution in [0, 0.1) is 17.1 Å². The predicted molar refractivity (Wildman–Crippen MR) is 101 cm³/mol. The minimum absolute atomic E-state index is 0.0733. The number of nitrogens with one attached hydrogen (secondary N) is 1. The summed E-state index contributed by atoms with van der Waals surface area (Å²) in [5, 5.41) is 22.1. The Labute approximate surface area is 160 Å². The number of aromatic nitrogens is 2. The number of para-hydroxylation sites is 1. The van der Waals surface area contributed by atoms with E-state index in [1.807, 2.05) is 6.07 Å². The second kappa shape index (κ2) is 7.27. The molecule has 2 aromatic carbocycles. The van der Waals surface area contributed by atoms with Crippen LogP contribution in [0.4, 0.5) is 4.39 Å². The quantitative estimate of drug-likeness (QED) is 0.609.